The van der Waals surface area contributed by atoms with Crippen molar-refractivity contribution in [2.75, 3.05) is 0 Å². The van der Waals surface area contributed by atoms with Gasteiger partial charge in [-0.05, 0) is 17.7 Å². The first-order valence-corrected chi connectivity index (χ1v) is 3.84. The molecule has 0 saturated heterocycles. The molecule has 0 aliphatic heterocycles. The minimum absolute atomic E-state index is 0.172. The van der Waals surface area contributed by atoms with E-state index in [0.717, 1.165) is 12.1 Å². The number of isocyanates is 1. The third-order valence-corrected chi connectivity index (χ3v) is 1.68. The largest absolute Gasteiger partial charge is 0.504 e. The maximum atomic E-state index is 13.0. The van der Waals surface area contributed by atoms with Gasteiger partial charge in [0.05, 0.1) is 6.54 Å². The number of carboxylic acid groups (broad SMARTS) is 1. The van der Waals surface area contributed by atoms with Crippen LogP contribution in [-0.4, -0.2) is 22.3 Å². The van der Waals surface area contributed by atoms with Crippen LogP contribution in [0.15, 0.2) is 17.1 Å². The number of hydrogen-bond donors (Lipinski definition) is 2. The van der Waals surface area contributed by atoms with E-state index in [9.17, 15) is 14.0 Å². The van der Waals surface area contributed by atoms with Gasteiger partial charge in [-0.3, -0.25) is 0 Å². The molecule has 0 bridgehead atoms. The molecule has 1 rings (SSSR count). The van der Waals surface area contributed by atoms with Crippen LogP contribution in [0.1, 0.15) is 15.9 Å². The van der Waals surface area contributed by atoms with Crippen LogP contribution in [0.25, 0.3) is 0 Å². The van der Waals surface area contributed by atoms with Crippen molar-refractivity contribution >= 4 is 12.0 Å². The van der Waals surface area contributed by atoms with E-state index in [1.54, 1.807) is 0 Å². The van der Waals surface area contributed by atoms with Crippen LogP contribution in [-0.2, 0) is 11.3 Å². The van der Waals surface area contributed by atoms with Crippen LogP contribution >= 0.6 is 0 Å². The highest BCUT2D eigenvalue weighted by Gasteiger charge is 2.15. The van der Waals surface area contributed by atoms with E-state index >= 15 is 0 Å². The van der Waals surface area contributed by atoms with E-state index in [4.69, 9.17) is 10.2 Å². The van der Waals surface area contributed by atoms with Crippen LogP contribution in [0.2, 0.25) is 0 Å². The molecule has 0 fully saturated rings. The third kappa shape index (κ3) is 2.38. The van der Waals surface area contributed by atoms with Gasteiger partial charge in [0.2, 0.25) is 6.08 Å². The zero-order valence-electron chi connectivity index (χ0n) is 7.40. The summed E-state index contributed by atoms with van der Waals surface area (Å²) in [4.78, 5) is 23.5. The molecule has 0 unspecified atom stereocenters. The lowest BCUT2D eigenvalue weighted by molar-refractivity contribution is 0.0692. The van der Waals surface area contributed by atoms with Gasteiger partial charge in [-0.1, -0.05) is 0 Å². The summed E-state index contributed by atoms with van der Waals surface area (Å²) in [6.45, 7) is -0.180. The summed E-state index contributed by atoms with van der Waals surface area (Å²) < 4.78 is 13.0. The molecule has 0 aliphatic carbocycles. The van der Waals surface area contributed by atoms with Crippen LogP contribution in [0, 0.1) is 5.82 Å². The summed E-state index contributed by atoms with van der Waals surface area (Å²) in [7, 11) is 0. The number of hydrogen-bond acceptors (Lipinski definition) is 4. The van der Waals surface area contributed by atoms with E-state index in [1.165, 1.54) is 6.08 Å². The number of carbonyl (C=O) groups is 1. The molecule has 1 aromatic rings. The van der Waals surface area contributed by atoms with Gasteiger partial charge in [-0.15, -0.1) is 0 Å². The molecule has 0 atom stereocenters. The number of benzene rings is 1. The van der Waals surface area contributed by atoms with Gasteiger partial charge in [0.15, 0.2) is 11.6 Å². The normalized spacial score (nSPS) is 9.40. The van der Waals surface area contributed by atoms with Crippen molar-refractivity contribution in [3.8, 4) is 5.75 Å². The van der Waals surface area contributed by atoms with Crippen molar-refractivity contribution in [2.24, 2.45) is 4.99 Å². The molecule has 0 heterocycles. The minimum atomic E-state index is -1.46. The lowest BCUT2D eigenvalue weighted by atomic mass is 10.1. The van der Waals surface area contributed by atoms with Gasteiger partial charge in [-0.2, -0.15) is 0 Å². The Balaban J connectivity index is 3.22. The maximum absolute atomic E-state index is 13.0. The third-order valence-electron chi connectivity index (χ3n) is 1.68. The highest BCUT2D eigenvalue weighted by Crippen LogP contribution is 2.23. The first-order chi connectivity index (χ1) is 7.06. The van der Waals surface area contributed by atoms with Crippen molar-refractivity contribution < 1.29 is 24.2 Å². The summed E-state index contributed by atoms with van der Waals surface area (Å²) in [6.07, 6.45) is 1.24. The van der Waals surface area contributed by atoms with Crippen LogP contribution in [0.3, 0.4) is 0 Å². The predicted molar refractivity (Wildman–Crippen MR) is 46.8 cm³/mol. The molecule has 6 heteroatoms. The average molecular weight is 211 g/mol. The van der Waals surface area contributed by atoms with Gasteiger partial charge in [0.25, 0.3) is 0 Å². The van der Waals surface area contributed by atoms with Gasteiger partial charge >= 0.3 is 5.97 Å². The number of rotatable bonds is 3. The topological polar surface area (TPSA) is 87.0 Å². The highest BCUT2D eigenvalue weighted by atomic mass is 19.1. The lowest BCUT2D eigenvalue weighted by Crippen LogP contribution is -2.00. The molecular formula is C9H6FNO4. The molecule has 1 aromatic carbocycles. The van der Waals surface area contributed by atoms with E-state index < -0.39 is 23.1 Å². The Morgan fingerprint density at radius 3 is 2.73 bits per heavy atom. The number of aromatic carboxylic acids is 1. The summed E-state index contributed by atoms with van der Waals surface area (Å²) >= 11 is 0. The molecule has 2 N–H and O–H groups in total. The molecule has 15 heavy (non-hydrogen) atoms. The number of carbonyl (C=O) groups excluding carboxylic acids is 1. The lowest BCUT2D eigenvalue weighted by Gasteiger charge is -2.03. The summed E-state index contributed by atoms with van der Waals surface area (Å²) in [6, 6.07) is 1.95. The monoisotopic (exact) mass is 211 g/mol. The van der Waals surface area contributed by atoms with Crippen molar-refractivity contribution in [1.29, 1.82) is 0 Å². The Labute approximate surface area is 83.5 Å². The van der Waals surface area contributed by atoms with Crippen molar-refractivity contribution in [3.63, 3.8) is 0 Å². The van der Waals surface area contributed by atoms with Crippen LogP contribution in [0.4, 0.5) is 4.39 Å². The molecule has 78 valence electrons. The van der Waals surface area contributed by atoms with Crippen molar-refractivity contribution in [2.45, 2.75) is 6.54 Å². The van der Waals surface area contributed by atoms with Crippen LogP contribution in [0.5, 0.6) is 5.75 Å². The Morgan fingerprint density at radius 2 is 2.20 bits per heavy atom. The van der Waals surface area contributed by atoms with E-state index in [2.05, 4.69) is 4.99 Å². The van der Waals surface area contributed by atoms with Crippen LogP contribution < -0.4 is 0 Å². The van der Waals surface area contributed by atoms with Crippen molar-refractivity contribution in [3.05, 3.63) is 29.1 Å². The fraction of sp³-hybridized carbons (Fsp3) is 0.111. The standard InChI is InChI=1S/C9H6FNO4/c10-7-2-5(3-11-4-12)1-6(8(7)13)9(14)15/h1-2,13H,3H2,(H,14,15). The summed E-state index contributed by atoms with van der Waals surface area (Å²) in [5.74, 6) is -3.45. The fourth-order valence-corrected chi connectivity index (χ4v) is 1.03. The number of halogens is 1. The number of carboxylic acids is 1. The summed E-state index contributed by atoms with van der Waals surface area (Å²) in [5.41, 5.74) is -0.392. The molecule has 0 aliphatic rings. The number of phenols is 1. The van der Waals surface area contributed by atoms with Gasteiger partial charge < -0.3 is 10.2 Å². The Hall–Kier alpha value is -2.20. The number of aromatic hydroxyl groups is 1. The molecule has 0 amide bonds. The Kier molecular flexibility index (Phi) is 3.15. The number of nitrogens with zero attached hydrogens (tertiary/aromatic N) is 1. The second kappa shape index (κ2) is 4.34. The van der Waals surface area contributed by atoms with Gasteiger partial charge in [0.1, 0.15) is 5.56 Å². The molecular weight excluding hydrogens is 205 g/mol. The molecule has 0 aromatic heterocycles. The van der Waals surface area contributed by atoms with E-state index in [1.807, 2.05) is 0 Å². The van der Waals surface area contributed by atoms with Gasteiger partial charge in [-0.25, -0.2) is 19.0 Å². The number of aliphatic imine (C=N–C) groups is 1. The maximum Gasteiger partial charge on any atom is 0.339 e. The smallest absolute Gasteiger partial charge is 0.339 e. The second-order valence-corrected chi connectivity index (χ2v) is 2.69. The van der Waals surface area contributed by atoms with E-state index in [0.29, 0.717) is 0 Å². The second-order valence-electron chi connectivity index (χ2n) is 2.69. The van der Waals surface area contributed by atoms with Crippen molar-refractivity contribution in [1.82, 2.24) is 0 Å². The summed E-state index contributed by atoms with van der Waals surface area (Å²) in [5, 5.41) is 17.7. The Morgan fingerprint density at radius 1 is 1.53 bits per heavy atom. The molecule has 0 radical (unpaired) electrons. The fourth-order valence-electron chi connectivity index (χ4n) is 1.03. The zero-order valence-corrected chi connectivity index (χ0v) is 7.40. The van der Waals surface area contributed by atoms with E-state index in [-0.39, 0.29) is 12.1 Å². The highest BCUT2D eigenvalue weighted by molar-refractivity contribution is 5.91. The molecule has 0 saturated carbocycles. The zero-order chi connectivity index (χ0) is 11.4. The average Bonchev–Trinajstić information content (AvgIpc) is 2.19. The quantitative estimate of drug-likeness (QED) is 0.578. The minimum Gasteiger partial charge on any atom is -0.504 e. The molecule has 0 spiro atoms. The first-order valence-electron chi connectivity index (χ1n) is 3.84. The van der Waals surface area contributed by atoms with Gasteiger partial charge in [0, 0.05) is 0 Å². The predicted octanol–water partition coefficient (Wildman–Crippen LogP) is 1.07. The SMILES string of the molecule is O=C=NCc1cc(F)c(O)c(C(=O)O)c1. The first kappa shape index (κ1) is 10.9. The molecule has 5 nitrogen and oxygen atoms in total. The Bertz CT molecular complexity index is 452.